The first kappa shape index (κ1) is 38.2. The van der Waals surface area contributed by atoms with Crippen LogP contribution in [-0.2, 0) is 33.7 Å². The van der Waals surface area contributed by atoms with Crippen LogP contribution in [0.3, 0.4) is 0 Å². The van der Waals surface area contributed by atoms with Gasteiger partial charge >= 0.3 is 64.8 Å². The molecule has 0 saturated carbocycles. The molecule has 0 unspecified atom stereocenters. The van der Waals surface area contributed by atoms with E-state index in [2.05, 4.69) is 93.5 Å². The Labute approximate surface area is 278 Å². The summed E-state index contributed by atoms with van der Waals surface area (Å²) in [7, 11) is 0. The molecular weight excluding hydrogens is 579 g/mol. The SMILES string of the molecule is CCCCC1=C(c2cc(CCC)c(CCC)c(CCC)c2)[N+](=[N-])C(c2cc(C)c(C)c(C)c2)=C1C.CCC[CH2][Ni][CH2]CCC. The van der Waals surface area contributed by atoms with Gasteiger partial charge in [-0.15, -0.1) is 0 Å². The summed E-state index contributed by atoms with van der Waals surface area (Å²) in [4.78, 5) is 0. The molecule has 0 atom stereocenters. The number of hydrogen-bond acceptors (Lipinski definition) is 0. The number of hydrogen-bond donors (Lipinski definition) is 0. The van der Waals surface area contributed by atoms with Crippen molar-refractivity contribution in [3.05, 3.63) is 85.5 Å². The molecular formula is C41H64N2Ni. The Kier molecular flexibility index (Phi) is 17.5. The molecule has 248 valence electrons. The van der Waals surface area contributed by atoms with E-state index >= 15 is 0 Å². The first-order chi connectivity index (χ1) is 21.2. The van der Waals surface area contributed by atoms with Crippen molar-refractivity contribution in [2.75, 3.05) is 0 Å². The Hall–Kier alpha value is -1.99. The molecule has 2 aromatic rings. The first-order valence-corrected chi connectivity index (χ1v) is 19.2. The van der Waals surface area contributed by atoms with Crippen molar-refractivity contribution in [2.45, 2.75) is 163 Å². The van der Waals surface area contributed by atoms with E-state index in [1.807, 2.05) is 14.4 Å². The number of aryl methyl sites for hydroxylation is 4. The zero-order chi connectivity index (χ0) is 32.6. The molecule has 2 nitrogen and oxygen atoms in total. The predicted molar refractivity (Wildman–Crippen MR) is 191 cm³/mol. The van der Waals surface area contributed by atoms with Gasteiger partial charge in [0.15, 0.2) is 0 Å². The Morgan fingerprint density at radius 1 is 0.568 bits per heavy atom. The van der Waals surface area contributed by atoms with E-state index in [1.54, 1.807) is 5.56 Å². The van der Waals surface area contributed by atoms with Gasteiger partial charge < -0.3 is 5.53 Å². The maximum absolute atomic E-state index is 11.8. The summed E-state index contributed by atoms with van der Waals surface area (Å²) in [6.07, 6.45) is 15.6. The van der Waals surface area contributed by atoms with Gasteiger partial charge in [-0.1, -0.05) is 53.4 Å². The number of nitrogens with zero attached hydrogens (tertiary/aromatic N) is 2. The van der Waals surface area contributed by atoms with Gasteiger partial charge in [-0.3, -0.25) is 0 Å². The molecule has 3 rings (SSSR count). The average molecular weight is 644 g/mol. The van der Waals surface area contributed by atoms with Gasteiger partial charge in [-0.2, -0.15) is 0 Å². The van der Waals surface area contributed by atoms with E-state index in [1.165, 1.54) is 92.1 Å². The molecule has 0 aliphatic carbocycles. The van der Waals surface area contributed by atoms with E-state index in [0.29, 0.717) is 0 Å². The standard InChI is InChI=1S/C33H46N2.2C4H9.Ni/c1-9-13-17-30-25(8)32(28-18-22(5)24(7)23(6)19-28)35(34)33(30)29-20-26(14-10-2)31(16-12-4)27(21-29)15-11-3;2*1-3-4-2;/h18-21H,9-17H2,1-8H3;2*1,3-4H2,2H3;. The summed E-state index contributed by atoms with van der Waals surface area (Å²) in [5.74, 6) is 0. The molecule has 0 fully saturated rings. The van der Waals surface area contributed by atoms with Gasteiger partial charge in [0.05, 0.1) is 0 Å². The van der Waals surface area contributed by atoms with Crippen LogP contribution in [-0.4, -0.2) is 4.70 Å². The van der Waals surface area contributed by atoms with Gasteiger partial charge in [-0.25, -0.2) is 4.70 Å². The van der Waals surface area contributed by atoms with Crippen molar-refractivity contribution in [2.24, 2.45) is 0 Å². The third kappa shape index (κ3) is 10.3. The van der Waals surface area contributed by atoms with Gasteiger partial charge in [0.25, 0.3) is 0 Å². The fourth-order valence-corrected chi connectivity index (χ4v) is 7.58. The Morgan fingerprint density at radius 2 is 1.05 bits per heavy atom. The van der Waals surface area contributed by atoms with Gasteiger partial charge in [-0.05, 0) is 117 Å². The Morgan fingerprint density at radius 3 is 1.50 bits per heavy atom. The topological polar surface area (TPSA) is 25.3 Å². The molecule has 3 heteroatoms. The minimum atomic E-state index is 0.948. The molecule has 0 radical (unpaired) electrons. The predicted octanol–water partition coefficient (Wildman–Crippen LogP) is 13.4. The van der Waals surface area contributed by atoms with Crippen molar-refractivity contribution < 1.29 is 19.1 Å². The maximum atomic E-state index is 11.8. The van der Waals surface area contributed by atoms with E-state index in [4.69, 9.17) is 0 Å². The van der Waals surface area contributed by atoms with Crippen LogP contribution in [0.4, 0.5) is 0 Å². The monoisotopic (exact) mass is 642 g/mol. The summed E-state index contributed by atoms with van der Waals surface area (Å²) in [5.41, 5.74) is 26.9. The van der Waals surface area contributed by atoms with Crippen molar-refractivity contribution in [1.29, 1.82) is 0 Å². The van der Waals surface area contributed by atoms with E-state index < -0.39 is 0 Å². The molecule has 0 spiro atoms. The fourth-order valence-electron chi connectivity index (χ4n) is 6.14. The van der Waals surface area contributed by atoms with Crippen LogP contribution in [0.2, 0.25) is 10.8 Å². The number of benzene rings is 2. The molecule has 0 bridgehead atoms. The molecule has 1 heterocycles. The molecule has 0 N–H and O–H groups in total. The van der Waals surface area contributed by atoms with Crippen LogP contribution in [0.5, 0.6) is 0 Å². The minimum absolute atomic E-state index is 0.948. The molecule has 1 aliphatic heterocycles. The second-order valence-corrected chi connectivity index (χ2v) is 14.1. The number of allylic oxidation sites excluding steroid dienone is 2. The summed E-state index contributed by atoms with van der Waals surface area (Å²) in [6, 6.07) is 9.25. The van der Waals surface area contributed by atoms with Crippen LogP contribution in [0.25, 0.3) is 16.9 Å². The quantitative estimate of drug-likeness (QED) is 0.0931. The van der Waals surface area contributed by atoms with Crippen molar-refractivity contribution >= 4 is 11.4 Å². The molecule has 44 heavy (non-hydrogen) atoms. The number of unbranched alkanes of at least 4 members (excludes halogenated alkanes) is 3. The van der Waals surface area contributed by atoms with Gasteiger partial charge in [0.1, 0.15) is 0 Å². The average Bonchev–Trinajstić information content (AvgIpc) is 3.25. The normalized spacial score (nSPS) is 13.3. The summed E-state index contributed by atoms with van der Waals surface area (Å²) in [6.45, 7) is 22.3. The van der Waals surface area contributed by atoms with Gasteiger partial charge in [0, 0.05) is 22.3 Å². The fraction of sp³-hybridized carbons (Fsp3) is 0.610. The van der Waals surface area contributed by atoms with E-state index in [0.717, 1.165) is 68.3 Å². The Bertz CT molecular complexity index is 1220. The third-order valence-corrected chi connectivity index (χ3v) is 10.3. The first-order valence-electron chi connectivity index (χ1n) is 17.8. The second-order valence-electron chi connectivity index (χ2n) is 12.7. The summed E-state index contributed by atoms with van der Waals surface area (Å²) in [5, 5.41) is 2.78. The van der Waals surface area contributed by atoms with E-state index in [9.17, 15) is 5.53 Å². The molecule has 0 saturated heterocycles. The molecule has 0 amide bonds. The van der Waals surface area contributed by atoms with Crippen LogP contribution >= 0.6 is 0 Å². The number of rotatable bonds is 17. The zero-order valence-corrected chi connectivity index (χ0v) is 31.1. The van der Waals surface area contributed by atoms with E-state index in [-0.39, 0.29) is 0 Å². The summed E-state index contributed by atoms with van der Waals surface area (Å²) >= 11 is 1.94. The zero-order valence-electron chi connectivity index (χ0n) is 30.1. The van der Waals surface area contributed by atoms with Gasteiger partial charge in [0.2, 0.25) is 11.4 Å². The summed E-state index contributed by atoms with van der Waals surface area (Å²) < 4.78 is 1.52. The van der Waals surface area contributed by atoms with Crippen molar-refractivity contribution in [1.82, 2.24) is 0 Å². The van der Waals surface area contributed by atoms with Crippen molar-refractivity contribution in [3.63, 3.8) is 0 Å². The molecule has 2 aromatic carbocycles. The van der Waals surface area contributed by atoms with Crippen LogP contribution < -0.4 is 0 Å². The molecule has 1 aliphatic rings. The van der Waals surface area contributed by atoms with Crippen molar-refractivity contribution in [3.8, 4) is 0 Å². The Balaban J connectivity index is 0.000000651. The molecule has 0 aromatic heterocycles. The second kappa shape index (κ2) is 20.2. The van der Waals surface area contributed by atoms with Crippen LogP contribution in [0, 0.1) is 20.8 Å². The third-order valence-electron chi connectivity index (χ3n) is 8.90. The van der Waals surface area contributed by atoms with Crippen LogP contribution in [0.15, 0.2) is 35.4 Å². The van der Waals surface area contributed by atoms with Crippen LogP contribution in [0.1, 0.15) is 157 Å².